The first-order valence-electron chi connectivity index (χ1n) is 9.69. The molecule has 0 atom stereocenters. The number of nitrogens with one attached hydrogen (secondary N) is 2. The van der Waals surface area contributed by atoms with Crippen molar-refractivity contribution >= 4 is 29.4 Å². The molecule has 1 aliphatic heterocycles. The van der Waals surface area contributed by atoms with Crippen LogP contribution < -0.4 is 15.4 Å². The van der Waals surface area contributed by atoms with Crippen LogP contribution >= 0.6 is 0 Å². The highest BCUT2D eigenvalue weighted by Crippen LogP contribution is 2.27. The highest BCUT2D eigenvalue weighted by atomic mass is 19.1. The van der Waals surface area contributed by atoms with Crippen LogP contribution in [0.25, 0.3) is 6.08 Å². The third-order valence-electron chi connectivity index (χ3n) is 4.88. The topological polar surface area (TPSA) is 97.4 Å². The van der Waals surface area contributed by atoms with Gasteiger partial charge < -0.3 is 15.4 Å². The van der Waals surface area contributed by atoms with E-state index in [1.807, 2.05) is 0 Å². The summed E-state index contributed by atoms with van der Waals surface area (Å²) >= 11 is 0. The number of carbonyl (C=O) groups is 3. The van der Waals surface area contributed by atoms with Crippen LogP contribution in [0.1, 0.15) is 31.8 Å². The maximum atomic E-state index is 13.5. The number of ether oxygens (including phenoxy) is 1. The summed E-state index contributed by atoms with van der Waals surface area (Å²) in [5.74, 6) is -1.56. The van der Waals surface area contributed by atoms with Crippen molar-refractivity contribution < 1.29 is 23.5 Å². The largest absolute Gasteiger partial charge is 0.481 e. The van der Waals surface area contributed by atoms with Gasteiger partial charge in [-0.3, -0.25) is 14.4 Å². The Morgan fingerprint density at radius 3 is 2.78 bits per heavy atom. The van der Waals surface area contributed by atoms with Gasteiger partial charge in [0.25, 0.3) is 11.8 Å². The minimum absolute atomic E-state index is 0.135. The van der Waals surface area contributed by atoms with Crippen LogP contribution in [0.2, 0.25) is 0 Å². The molecule has 0 aliphatic carbocycles. The Balaban J connectivity index is 1.56. The van der Waals surface area contributed by atoms with Crippen molar-refractivity contribution in [3.63, 3.8) is 0 Å². The molecule has 0 fully saturated rings. The Labute approximate surface area is 182 Å². The van der Waals surface area contributed by atoms with Crippen LogP contribution in [0, 0.1) is 5.82 Å². The lowest BCUT2D eigenvalue weighted by Gasteiger charge is -2.19. The number of pyridine rings is 1. The number of rotatable bonds is 5. The predicted octanol–water partition coefficient (Wildman–Crippen LogP) is 3.38. The first-order valence-corrected chi connectivity index (χ1v) is 9.69. The van der Waals surface area contributed by atoms with Gasteiger partial charge >= 0.3 is 0 Å². The summed E-state index contributed by atoms with van der Waals surface area (Å²) < 4.78 is 18.5. The van der Waals surface area contributed by atoms with E-state index in [0.717, 1.165) is 5.56 Å². The number of benzene rings is 2. The normalized spacial score (nSPS) is 14.0. The van der Waals surface area contributed by atoms with E-state index in [1.54, 1.807) is 24.4 Å². The van der Waals surface area contributed by atoms with E-state index in [1.165, 1.54) is 49.6 Å². The van der Waals surface area contributed by atoms with Crippen molar-refractivity contribution in [3.8, 4) is 5.88 Å². The molecule has 4 rings (SSSR count). The number of aromatic nitrogens is 1. The molecule has 0 bridgehead atoms. The Morgan fingerprint density at radius 1 is 1.16 bits per heavy atom. The fraction of sp³-hybridized carbons (Fsp3) is 0.0833. The molecule has 8 heteroatoms. The smallest absolute Gasteiger partial charge is 0.259 e. The third kappa shape index (κ3) is 4.39. The van der Waals surface area contributed by atoms with Gasteiger partial charge in [0, 0.05) is 29.9 Å². The van der Waals surface area contributed by atoms with Crippen LogP contribution in [-0.2, 0) is 11.3 Å². The number of Topliss-reactive ketones (excluding diaryl/α,β-unsaturated/α-hetero) is 1. The molecule has 3 aromatic rings. The van der Waals surface area contributed by atoms with Gasteiger partial charge in [-0.2, -0.15) is 0 Å². The maximum absolute atomic E-state index is 13.5. The lowest BCUT2D eigenvalue weighted by Crippen LogP contribution is -2.28. The zero-order valence-electron chi connectivity index (χ0n) is 17.0. The van der Waals surface area contributed by atoms with Gasteiger partial charge in [-0.15, -0.1) is 0 Å². The van der Waals surface area contributed by atoms with Crippen molar-refractivity contribution in [2.24, 2.45) is 0 Å². The number of amides is 2. The standard InChI is InChI=1S/C24H18FN3O4/c1-32-21-11-15(7-8-26-21)13-27-23(30)16-5-6-20-18(12-16)22(29)19(24(31)28-20)10-14-3-2-4-17(25)9-14/h2-12H,13H2,1H3,(H,27,30)(H,28,31)/b19-10-. The van der Waals surface area contributed by atoms with E-state index >= 15 is 0 Å². The number of hydrogen-bond donors (Lipinski definition) is 2. The van der Waals surface area contributed by atoms with E-state index in [0.29, 0.717) is 17.1 Å². The minimum atomic E-state index is -0.587. The Bertz CT molecular complexity index is 1270. The van der Waals surface area contributed by atoms with Gasteiger partial charge in [-0.05, 0) is 53.6 Å². The number of anilines is 1. The molecule has 160 valence electrons. The Hall–Kier alpha value is -4.33. The van der Waals surface area contributed by atoms with Gasteiger partial charge in [0.2, 0.25) is 11.7 Å². The van der Waals surface area contributed by atoms with Crippen LogP contribution in [-0.4, -0.2) is 29.7 Å². The molecule has 2 aromatic carbocycles. The second kappa shape index (κ2) is 8.81. The molecular weight excluding hydrogens is 413 g/mol. The SMILES string of the molecule is COc1cc(CNC(=O)c2ccc3c(c2)C(=O)/C(=C/c2cccc(F)c2)C(=O)N3)ccn1. The molecular formula is C24H18FN3O4. The molecule has 1 aliphatic rings. The van der Waals surface area contributed by atoms with Crippen molar-refractivity contribution in [1.82, 2.24) is 10.3 Å². The lowest BCUT2D eigenvalue weighted by atomic mass is 9.93. The van der Waals surface area contributed by atoms with Crippen LogP contribution in [0.5, 0.6) is 5.88 Å². The van der Waals surface area contributed by atoms with E-state index in [-0.39, 0.29) is 29.2 Å². The zero-order chi connectivity index (χ0) is 22.7. The number of halogens is 1. The lowest BCUT2D eigenvalue weighted by molar-refractivity contribution is -0.112. The molecule has 2 amide bonds. The fourth-order valence-corrected chi connectivity index (χ4v) is 3.27. The van der Waals surface area contributed by atoms with Crippen molar-refractivity contribution in [1.29, 1.82) is 0 Å². The summed E-state index contributed by atoms with van der Waals surface area (Å²) in [5.41, 5.74) is 1.81. The molecule has 1 aromatic heterocycles. The number of carbonyl (C=O) groups excluding carboxylic acids is 3. The molecule has 2 N–H and O–H groups in total. The van der Waals surface area contributed by atoms with Gasteiger partial charge in [0.05, 0.1) is 18.4 Å². The molecule has 0 radical (unpaired) electrons. The zero-order valence-corrected chi connectivity index (χ0v) is 17.0. The molecule has 2 heterocycles. The van der Waals surface area contributed by atoms with E-state index in [2.05, 4.69) is 15.6 Å². The molecule has 32 heavy (non-hydrogen) atoms. The summed E-state index contributed by atoms with van der Waals surface area (Å²) in [5, 5.41) is 5.41. The highest BCUT2D eigenvalue weighted by Gasteiger charge is 2.29. The van der Waals surface area contributed by atoms with Crippen molar-refractivity contribution in [2.75, 3.05) is 12.4 Å². The number of methoxy groups -OCH3 is 1. The number of ketones is 1. The summed E-state index contributed by atoms with van der Waals surface area (Å²) in [4.78, 5) is 42.0. The van der Waals surface area contributed by atoms with Gasteiger partial charge in [-0.25, -0.2) is 9.37 Å². The van der Waals surface area contributed by atoms with Crippen LogP contribution in [0.4, 0.5) is 10.1 Å². The highest BCUT2D eigenvalue weighted by molar-refractivity contribution is 6.36. The summed E-state index contributed by atoms with van der Waals surface area (Å²) in [6, 6.07) is 13.5. The average molecular weight is 431 g/mol. The maximum Gasteiger partial charge on any atom is 0.259 e. The van der Waals surface area contributed by atoms with Crippen molar-refractivity contribution in [3.05, 3.63) is 94.4 Å². The van der Waals surface area contributed by atoms with Gasteiger partial charge in [-0.1, -0.05) is 12.1 Å². The molecule has 0 saturated heterocycles. The number of hydrogen-bond acceptors (Lipinski definition) is 5. The second-order valence-corrected chi connectivity index (χ2v) is 7.05. The summed E-state index contributed by atoms with van der Waals surface area (Å²) in [6.45, 7) is 0.240. The third-order valence-corrected chi connectivity index (χ3v) is 4.88. The van der Waals surface area contributed by atoms with E-state index in [9.17, 15) is 18.8 Å². The quantitative estimate of drug-likeness (QED) is 0.477. The fourth-order valence-electron chi connectivity index (χ4n) is 3.27. The monoisotopic (exact) mass is 431 g/mol. The second-order valence-electron chi connectivity index (χ2n) is 7.05. The van der Waals surface area contributed by atoms with E-state index < -0.39 is 17.5 Å². The van der Waals surface area contributed by atoms with Gasteiger partial charge in [0.15, 0.2) is 0 Å². The predicted molar refractivity (Wildman–Crippen MR) is 116 cm³/mol. The molecule has 7 nitrogen and oxygen atoms in total. The Morgan fingerprint density at radius 2 is 2.00 bits per heavy atom. The van der Waals surface area contributed by atoms with Crippen LogP contribution in [0.3, 0.4) is 0 Å². The number of nitrogens with zero attached hydrogens (tertiary/aromatic N) is 1. The van der Waals surface area contributed by atoms with Crippen LogP contribution in [0.15, 0.2) is 66.4 Å². The summed E-state index contributed by atoms with van der Waals surface area (Å²) in [7, 11) is 1.50. The van der Waals surface area contributed by atoms with E-state index in [4.69, 9.17) is 4.74 Å². The minimum Gasteiger partial charge on any atom is -0.481 e. The molecule has 0 saturated carbocycles. The Kier molecular flexibility index (Phi) is 5.76. The van der Waals surface area contributed by atoms with Crippen molar-refractivity contribution in [2.45, 2.75) is 6.54 Å². The number of fused-ring (bicyclic) bond motifs is 1. The first-order chi connectivity index (χ1) is 15.4. The van der Waals surface area contributed by atoms with Gasteiger partial charge in [0.1, 0.15) is 5.82 Å². The molecule has 0 spiro atoms. The first kappa shape index (κ1) is 20.9. The molecule has 0 unspecified atom stereocenters. The average Bonchev–Trinajstić information content (AvgIpc) is 2.80. The summed E-state index contributed by atoms with van der Waals surface area (Å²) in [6.07, 6.45) is 2.90.